The summed E-state index contributed by atoms with van der Waals surface area (Å²) in [7, 11) is -3.79. The van der Waals surface area contributed by atoms with Crippen LogP contribution in [0.2, 0.25) is 5.02 Å². The van der Waals surface area contributed by atoms with Gasteiger partial charge in [0.15, 0.2) is 0 Å². The van der Waals surface area contributed by atoms with Crippen molar-refractivity contribution in [3.63, 3.8) is 0 Å². The number of sulfonamides is 1. The Morgan fingerprint density at radius 2 is 2.00 bits per heavy atom. The van der Waals surface area contributed by atoms with Gasteiger partial charge in [-0.25, -0.2) is 13.1 Å². The highest BCUT2D eigenvalue weighted by molar-refractivity contribution is 7.90. The van der Waals surface area contributed by atoms with Crippen molar-refractivity contribution >= 4 is 33.6 Å². The van der Waals surface area contributed by atoms with Gasteiger partial charge in [-0.05, 0) is 36.1 Å². The summed E-state index contributed by atoms with van der Waals surface area (Å²) in [6.07, 6.45) is -0.520. The molecule has 1 amide bonds. The number of carbonyl (C=O) groups excluding carboxylic acids is 1. The summed E-state index contributed by atoms with van der Waals surface area (Å²) in [6.45, 7) is 4.83. The first-order valence-corrected chi connectivity index (χ1v) is 13.8. The molecule has 8 nitrogen and oxygen atoms in total. The number of hydrogen-bond acceptors (Lipinski definition) is 6. The smallest absolute Gasteiger partial charge is 0.416 e. The summed E-state index contributed by atoms with van der Waals surface area (Å²) in [5.41, 5.74) is -0.140. The maximum absolute atomic E-state index is 13.0. The molecule has 1 aliphatic rings. The molecule has 0 aliphatic carbocycles. The molecule has 2 heterocycles. The van der Waals surface area contributed by atoms with Crippen LogP contribution >= 0.6 is 11.6 Å². The Hall–Kier alpha value is -2.57. The first kappa shape index (κ1) is 29.0. The van der Waals surface area contributed by atoms with Crippen LogP contribution in [0.25, 0.3) is 6.08 Å². The van der Waals surface area contributed by atoms with Crippen molar-refractivity contribution in [2.45, 2.75) is 51.9 Å². The van der Waals surface area contributed by atoms with E-state index < -0.39 is 27.7 Å². The lowest BCUT2D eigenvalue weighted by Gasteiger charge is -2.21. The van der Waals surface area contributed by atoms with Gasteiger partial charge in [0, 0.05) is 30.0 Å². The normalized spacial score (nSPS) is 15.4. The molecule has 3 rings (SSSR count). The van der Waals surface area contributed by atoms with Crippen LogP contribution in [-0.4, -0.2) is 49.2 Å². The van der Waals surface area contributed by atoms with Gasteiger partial charge in [-0.3, -0.25) is 9.48 Å². The first-order chi connectivity index (χ1) is 17.3. The van der Waals surface area contributed by atoms with Gasteiger partial charge in [0.2, 0.25) is 15.9 Å². The number of hydrogen-bond donors (Lipinski definition) is 1. The third-order valence-electron chi connectivity index (χ3n) is 5.57. The molecule has 1 fully saturated rings. The largest absolute Gasteiger partial charge is 0.473 e. The average Bonchev–Trinajstić information content (AvgIpc) is 3.18. The molecule has 204 valence electrons. The summed E-state index contributed by atoms with van der Waals surface area (Å²) in [5.74, 6) is -0.615. The SMILES string of the molecule is CC(C)CCS(=O)(=O)NC(=O)/C=C/c1cc(OC2CCOCC2)nn1Cc1ccc(C(F)(F)F)cc1Cl. The maximum atomic E-state index is 13.0. The molecule has 0 radical (unpaired) electrons. The zero-order chi connectivity index (χ0) is 27.2. The molecule has 1 saturated heterocycles. The Labute approximate surface area is 218 Å². The second-order valence-electron chi connectivity index (χ2n) is 9.10. The molecule has 0 atom stereocenters. The van der Waals surface area contributed by atoms with Gasteiger partial charge in [-0.2, -0.15) is 13.2 Å². The number of amides is 1. The standard InChI is InChI=1S/C24H29ClF3N3O5S/c1-16(2)9-12-37(33,34)30-22(32)6-5-19-14-23(36-20-7-10-35-11-8-20)29-31(19)15-17-3-4-18(13-21(17)25)24(26,27)28/h3-6,13-14,16,20H,7-12,15H2,1-2H3,(H,30,32)/b6-5+. The van der Waals surface area contributed by atoms with E-state index in [1.165, 1.54) is 16.8 Å². The predicted molar refractivity (Wildman–Crippen MR) is 133 cm³/mol. The topological polar surface area (TPSA) is 99.5 Å². The van der Waals surface area contributed by atoms with Crippen LogP contribution in [0.3, 0.4) is 0 Å². The van der Waals surface area contributed by atoms with Crippen LogP contribution in [0.15, 0.2) is 30.3 Å². The van der Waals surface area contributed by atoms with Gasteiger partial charge in [0.25, 0.3) is 5.91 Å². The lowest BCUT2D eigenvalue weighted by molar-refractivity contribution is -0.137. The molecule has 13 heteroatoms. The highest BCUT2D eigenvalue weighted by atomic mass is 35.5. The minimum absolute atomic E-state index is 0.0118. The van der Waals surface area contributed by atoms with E-state index >= 15 is 0 Å². The van der Waals surface area contributed by atoms with Crippen molar-refractivity contribution in [3.8, 4) is 5.88 Å². The van der Waals surface area contributed by atoms with Gasteiger partial charge in [0.05, 0.1) is 36.8 Å². The van der Waals surface area contributed by atoms with Gasteiger partial charge in [-0.1, -0.05) is 31.5 Å². The maximum Gasteiger partial charge on any atom is 0.416 e. The third-order valence-corrected chi connectivity index (χ3v) is 7.21. The molecule has 0 bridgehead atoms. The average molecular weight is 564 g/mol. The van der Waals surface area contributed by atoms with Crippen molar-refractivity contribution in [2.75, 3.05) is 19.0 Å². The molecule has 1 aromatic heterocycles. The Morgan fingerprint density at radius 3 is 2.62 bits per heavy atom. The fraction of sp³-hybridized carbons (Fsp3) is 0.500. The van der Waals surface area contributed by atoms with Crippen LogP contribution in [-0.2, 0) is 32.3 Å². The Morgan fingerprint density at radius 1 is 1.30 bits per heavy atom. The van der Waals surface area contributed by atoms with Crippen LogP contribution in [0, 0.1) is 5.92 Å². The molecule has 2 aromatic rings. The monoisotopic (exact) mass is 563 g/mol. The number of nitrogens with one attached hydrogen (secondary N) is 1. The lowest BCUT2D eigenvalue weighted by atomic mass is 10.1. The number of aromatic nitrogens is 2. The minimum atomic E-state index is -4.53. The van der Waals surface area contributed by atoms with E-state index in [2.05, 4.69) is 5.10 Å². The molecular weight excluding hydrogens is 535 g/mol. The summed E-state index contributed by atoms with van der Waals surface area (Å²) in [4.78, 5) is 12.3. The molecule has 1 N–H and O–H groups in total. The van der Waals surface area contributed by atoms with Crippen molar-refractivity contribution in [3.05, 3.63) is 52.2 Å². The first-order valence-electron chi connectivity index (χ1n) is 11.7. The van der Waals surface area contributed by atoms with E-state index in [0.717, 1.165) is 18.2 Å². The predicted octanol–water partition coefficient (Wildman–Crippen LogP) is 4.67. The number of nitrogens with zero attached hydrogens (tertiary/aromatic N) is 2. The Kier molecular flexibility index (Phi) is 9.65. The molecule has 0 spiro atoms. The molecule has 1 aromatic carbocycles. The lowest BCUT2D eigenvalue weighted by Crippen LogP contribution is -2.31. The number of ether oxygens (including phenoxy) is 2. The van der Waals surface area contributed by atoms with Crippen LogP contribution in [0.4, 0.5) is 13.2 Å². The summed E-state index contributed by atoms with van der Waals surface area (Å²) in [6, 6.07) is 4.58. The van der Waals surface area contributed by atoms with Gasteiger partial charge < -0.3 is 9.47 Å². The van der Waals surface area contributed by atoms with E-state index in [1.54, 1.807) is 6.07 Å². The molecule has 37 heavy (non-hydrogen) atoms. The van der Waals surface area contributed by atoms with Crippen LogP contribution in [0.1, 0.15) is 49.9 Å². The Bertz CT molecular complexity index is 1220. The third kappa shape index (κ3) is 9.04. The van der Waals surface area contributed by atoms with Gasteiger partial charge in [0.1, 0.15) is 6.10 Å². The highest BCUT2D eigenvalue weighted by Crippen LogP contribution is 2.32. The van der Waals surface area contributed by atoms with Crippen molar-refractivity contribution in [2.24, 2.45) is 5.92 Å². The molecule has 0 saturated carbocycles. The van der Waals surface area contributed by atoms with Gasteiger partial charge in [-0.15, -0.1) is 5.10 Å². The van der Waals surface area contributed by atoms with E-state index in [1.807, 2.05) is 18.6 Å². The van der Waals surface area contributed by atoms with Gasteiger partial charge >= 0.3 is 6.18 Å². The summed E-state index contributed by atoms with van der Waals surface area (Å²) in [5, 5.41) is 4.29. The number of benzene rings is 1. The van der Waals surface area contributed by atoms with Crippen molar-refractivity contribution in [1.82, 2.24) is 14.5 Å². The second-order valence-corrected chi connectivity index (χ2v) is 11.3. The number of carbonyl (C=O) groups is 1. The number of alkyl halides is 3. The van der Waals surface area contributed by atoms with Crippen molar-refractivity contribution in [1.29, 1.82) is 0 Å². The summed E-state index contributed by atoms with van der Waals surface area (Å²) < 4.78 is 77.9. The quantitative estimate of drug-likeness (QED) is 0.422. The zero-order valence-electron chi connectivity index (χ0n) is 20.4. The minimum Gasteiger partial charge on any atom is -0.473 e. The summed E-state index contributed by atoms with van der Waals surface area (Å²) >= 11 is 6.12. The van der Waals surface area contributed by atoms with E-state index in [9.17, 15) is 26.4 Å². The van der Waals surface area contributed by atoms with Crippen LogP contribution < -0.4 is 9.46 Å². The zero-order valence-corrected chi connectivity index (χ0v) is 22.0. The van der Waals surface area contributed by atoms with Crippen LogP contribution in [0.5, 0.6) is 5.88 Å². The molecule has 0 unspecified atom stereocenters. The van der Waals surface area contributed by atoms with E-state index in [0.29, 0.717) is 43.7 Å². The fourth-order valence-corrected chi connectivity index (χ4v) is 4.99. The fourth-order valence-electron chi connectivity index (χ4n) is 3.49. The van der Waals surface area contributed by atoms with E-state index in [4.69, 9.17) is 21.1 Å². The Balaban J connectivity index is 1.81. The van der Waals surface area contributed by atoms with Crippen molar-refractivity contribution < 1.29 is 35.9 Å². The molecule has 1 aliphatic heterocycles. The number of halogens is 4. The molecular formula is C24H29ClF3N3O5S. The second kappa shape index (κ2) is 12.3. The van der Waals surface area contributed by atoms with E-state index in [-0.39, 0.29) is 35.2 Å². The highest BCUT2D eigenvalue weighted by Gasteiger charge is 2.31. The number of rotatable bonds is 10.